The normalized spacial score (nSPS) is 12.0. The highest BCUT2D eigenvalue weighted by Gasteiger charge is 2.24. The topological polar surface area (TPSA) is 72.2 Å². The summed E-state index contributed by atoms with van der Waals surface area (Å²) in [4.78, 5) is 21.2. The second-order valence-electron chi connectivity index (χ2n) is 3.87. The van der Waals surface area contributed by atoms with Crippen LogP contribution in [0, 0.1) is 21.7 Å². The zero-order valence-electron chi connectivity index (χ0n) is 10.3. The Morgan fingerprint density at radius 1 is 1.53 bits per heavy atom. The maximum Gasteiger partial charge on any atom is 0.308 e. The molecule has 0 bridgehead atoms. The number of nitro benzene ring substituents is 1. The van der Waals surface area contributed by atoms with Crippen LogP contribution in [0.5, 0.6) is 0 Å². The summed E-state index contributed by atoms with van der Waals surface area (Å²) in [5.74, 6) is -2.65. The quantitative estimate of drug-likeness (QED) is 0.667. The first-order chi connectivity index (χ1) is 8.86. The van der Waals surface area contributed by atoms with Crippen LogP contribution in [-0.4, -0.2) is 28.9 Å². The second-order valence-corrected chi connectivity index (χ2v) is 4.78. The third-order valence-electron chi connectivity index (χ3n) is 2.25. The van der Waals surface area contributed by atoms with Crippen molar-refractivity contribution < 1.29 is 18.5 Å². The summed E-state index contributed by atoms with van der Waals surface area (Å²) in [5, 5.41) is 13.0. The number of benzene rings is 1. The van der Waals surface area contributed by atoms with E-state index in [1.54, 1.807) is 6.92 Å². The molecule has 0 aromatic heterocycles. The van der Waals surface area contributed by atoms with Crippen molar-refractivity contribution in [3.63, 3.8) is 0 Å². The SMILES string of the molecule is CSCC(C)NC(=O)c1cc(F)cc([N+](=O)[O-])c1F. The van der Waals surface area contributed by atoms with Crippen molar-refractivity contribution in [3.05, 3.63) is 39.4 Å². The van der Waals surface area contributed by atoms with Gasteiger partial charge in [0.1, 0.15) is 5.82 Å². The number of hydrogen-bond acceptors (Lipinski definition) is 4. The molecule has 1 aromatic carbocycles. The van der Waals surface area contributed by atoms with Gasteiger partial charge >= 0.3 is 5.69 Å². The first-order valence-corrected chi connectivity index (χ1v) is 6.69. The molecule has 1 rings (SSSR count). The number of nitro groups is 1. The summed E-state index contributed by atoms with van der Waals surface area (Å²) in [7, 11) is 0. The molecule has 0 saturated carbocycles. The third kappa shape index (κ3) is 3.88. The van der Waals surface area contributed by atoms with E-state index in [2.05, 4.69) is 5.32 Å². The zero-order valence-corrected chi connectivity index (χ0v) is 11.1. The van der Waals surface area contributed by atoms with Crippen LogP contribution < -0.4 is 5.32 Å². The summed E-state index contributed by atoms with van der Waals surface area (Å²) in [5.41, 5.74) is -1.72. The van der Waals surface area contributed by atoms with Crippen molar-refractivity contribution in [1.29, 1.82) is 0 Å². The van der Waals surface area contributed by atoms with Gasteiger partial charge in [0, 0.05) is 11.8 Å². The minimum absolute atomic E-state index is 0.260. The lowest BCUT2D eigenvalue weighted by atomic mass is 10.1. The number of amides is 1. The largest absolute Gasteiger partial charge is 0.349 e. The maximum atomic E-state index is 13.7. The van der Waals surface area contributed by atoms with Gasteiger partial charge in [-0.2, -0.15) is 16.2 Å². The fourth-order valence-electron chi connectivity index (χ4n) is 1.47. The standard InChI is InChI=1S/C11H12F2N2O3S/c1-6(5-19-2)14-11(16)8-3-7(12)4-9(10(8)13)15(17)18/h3-4,6H,5H2,1-2H3,(H,14,16). The number of carbonyl (C=O) groups excluding carboxylic acids is 1. The summed E-state index contributed by atoms with van der Waals surface area (Å²) in [6.07, 6.45) is 1.83. The highest BCUT2D eigenvalue weighted by atomic mass is 32.2. The molecule has 0 fully saturated rings. The lowest BCUT2D eigenvalue weighted by Gasteiger charge is -2.12. The number of rotatable bonds is 5. The fraction of sp³-hybridized carbons (Fsp3) is 0.364. The molecule has 0 heterocycles. The molecule has 1 unspecified atom stereocenters. The van der Waals surface area contributed by atoms with Crippen molar-refractivity contribution in [2.75, 3.05) is 12.0 Å². The predicted molar refractivity (Wildman–Crippen MR) is 68.3 cm³/mol. The van der Waals surface area contributed by atoms with E-state index in [9.17, 15) is 23.7 Å². The van der Waals surface area contributed by atoms with Gasteiger partial charge in [-0.3, -0.25) is 14.9 Å². The van der Waals surface area contributed by atoms with Gasteiger partial charge in [0.25, 0.3) is 5.91 Å². The van der Waals surface area contributed by atoms with Gasteiger partial charge in [0.05, 0.1) is 16.6 Å². The van der Waals surface area contributed by atoms with Gasteiger partial charge in [0.2, 0.25) is 5.82 Å². The first kappa shape index (κ1) is 15.4. The Hall–Kier alpha value is -1.70. The van der Waals surface area contributed by atoms with Gasteiger partial charge in [0.15, 0.2) is 0 Å². The molecule has 104 valence electrons. The molecule has 0 spiro atoms. The van der Waals surface area contributed by atoms with E-state index in [4.69, 9.17) is 0 Å². The Balaban J connectivity index is 3.06. The monoisotopic (exact) mass is 290 g/mol. The summed E-state index contributed by atoms with van der Waals surface area (Å²) < 4.78 is 26.9. The predicted octanol–water partition coefficient (Wildman–Crippen LogP) is 2.35. The molecule has 5 nitrogen and oxygen atoms in total. The Kier molecular flexibility index (Phi) is 5.22. The van der Waals surface area contributed by atoms with Crippen LogP contribution in [0.4, 0.5) is 14.5 Å². The van der Waals surface area contributed by atoms with Gasteiger partial charge in [-0.1, -0.05) is 0 Å². The van der Waals surface area contributed by atoms with E-state index in [1.165, 1.54) is 11.8 Å². The molecule has 0 aliphatic heterocycles. The van der Waals surface area contributed by atoms with Crippen LogP contribution in [-0.2, 0) is 0 Å². The lowest BCUT2D eigenvalue weighted by molar-refractivity contribution is -0.387. The van der Waals surface area contributed by atoms with Gasteiger partial charge in [-0.05, 0) is 19.2 Å². The minimum Gasteiger partial charge on any atom is -0.349 e. The molecule has 0 saturated heterocycles. The Morgan fingerprint density at radius 3 is 2.68 bits per heavy atom. The van der Waals surface area contributed by atoms with Crippen LogP contribution in [0.2, 0.25) is 0 Å². The molecule has 0 aliphatic rings. The van der Waals surface area contributed by atoms with Crippen molar-refractivity contribution in [1.82, 2.24) is 5.32 Å². The zero-order chi connectivity index (χ0) is 14.6. The number of nitrogens with one attached hydrogen (secondary N) is 1. The lowest BCUT2D eigenvalue weighted by Crippen LogP contribution is -2.34. The fourth-order valence-corrected chi connectivity index (χ4v) is 2.05. The van der Waals surface area contributed by atoms with E-state index in [-0.39, 0.29) is 6.04 Å². The molecule has 19 heavy (non-hydrogen) atoms. The minimum atomic E-state index is -1.33. The van der Waals surface area contributed by atoms with E-state index in [0.29, 0.717) is 17.9 Å². The highest BCUT2D eigenvalue weighted by Crippen LogP contribution is 2.22. The maximum absolute atomic E-state index is 13.7. The van der Waals surface area contributed by atoms with Crippen LogP contribution in [0.1, 0.15) is 17.3 Å². The van der Waals surface area contributed by atoms with E-state index in [0.717, 1.165) is 0 Å². The summed E-state index contributed by atoms with van der Waals surface area (Å²) in [6, 6.07) is 0.824. The molecule has 1 amide bonds. The van der Waals surface area contributed by atoms with Crippen LogP contribution in [0.15, 0.2) is 12.1 Å². The number of hydrogen-bond donors (Lipinski definition) is 1. The van der Waals surface area contributed by atoms with E-state index < -0.39 is 33.7 Å². The molecule has 1 N–H and O–H groups in total. The van der Waals surface area contributed by atoms with E-state index in [1.807, 2.05) is 6.26 Å². The Bertz CT molecular complexity index is 511. The molecule has 1 atom stereocenters. The number of carbonyl (C=O) groups is 1. The molecule has 0 aliphatic carbocycles. The second kappa shape index (κ2) is 6.46. The smallest absolute Gasteiger partial charge is 0.308 e. The van der Waals surface area contributed by atoms with Crippen molar-refractivity contribution in [2.45, 2.75) is 13.0 Å². The number of nitrogens with zero attached hydrogens (tertiary/aromatic N) is 1. The average molecular weight is 290 g/mol. The molecule has 8 heteroatoms. The van der Waals surface area contributed by atoms with Crippen molar-refractivity contribution >= 4 is 23.4 Å². The Labute approximate surface area is 112 Å². The Morgan fingerprint density at radius 2 is 2.16 bits per heavy atom. The summed E-state index contributed by atoms with van der Waals surface area (Å²) >= 11 is 1.47. The van der Waals surface area contributed by atoms with Crippen molar-refractivity contribution in [2.24, 2.45) is 0 Å². The van der Waals surface area contributed by atoms with Crippen LogP contribution in [0.3, 0.4) is 0 Å². The first-order valence-electron chi connectivity index (χ1n) is 5.30. The summed E-state index contributed by atoms with van der Waals surface area (Å²) in [6.45, 7) is 1.69. The third-order valence-corrected chi connectivity index (χ3v) is 3.09. The molecular weight excluding hydrogens is 278 g/mol. The highest BCUT2D eigenvalue weighted by molar-refractivity contribution is 7.98. The van der Waals surface area contributed by atoms with Gasteiger partial charge in [-0.25, -0.2) is 4.39 Å². The van der Waals surface area contributed by atoms with Crippen molar-refractivity contribution in [3.8, 4) is 0 Å². The number of halogens is 2. The average Bonchev–Trinajstić information content (AvgIpc) is 2.31. The van der Waals surface area contributed by atoms with Gasteiger partial charge < -0.3 is 5.32 Å². The van der Waals surface area contributed by atoms with E-state index >= 15 is 0 Å². The van der Waals surface area contributed by atoms with Crippen LogP contribution in [0.25, 0.3) is 0 Å². The molecular formula is C11H12F2N2O3S. The molecule has 1 aromatic rings. The number of thioether (sulfide) groups is 1. The molecule has 0 radical (unpaired) electrons. The van der Waals surface area contributed by atoms with Crippen LogP contribution >= 0.6 is 11.8 Å². The van der Waals surface area contributed by atoms with Gasteiger partial charge in [-0.15, -0.1) is 0 Å².